The van der Waals surface area contributed by atoms with Crippen molar-refractivity contribution in [2.24, 2.45) is 5.90 Å². The lowest BCUT2D eigenvalue weighted by Crippen LogP contribution is -2.08. The smallest absolute Gasteiger partial charge is 0.391 e. The molecule has 2 rings (SSSR count). The van der Waals surface area contributed by atoms with E-state index in [9.17, 15) is 18.0 Å². The molecule has 0 bridgehead atoms. The van der Waals surface area contributed by atoms with E-state index in [-0.39, 0.29) is 23.6 Å². The van der Waals surface area contributed by atoms with Crippen LogP contribution in [0, 0.1) is 0 Å². The van der Waals surface area contributed by atoms with Gasteiger partial charge in [-0.15, -0.1) is 0 Å². The molecular weight excluding hydrogens is 285 g/mol. The molecule has 0 saturated carbocycles. The van der Waals surface area contributed by atoms with E-state index in [0.717, 1.165) is 24.3 Å². The van der Waals surface area contributed by atoms with E-state index in [0.29, 0.717) is 5.56 Å². The van der Waals surface area contributed by atoms with Crippen molar-refractivity contribution in [1.29, 1.82) is 0 Å². The Labute approximate surface area is 118 Å². The predicted octanol–water partition coefficient (Wildman–Crippen LogP) is 2.78. The topological polar surface area (TPSA) is 65.2 Å². The van der Waals surface area contributed by atoms with E-state index >= 15 is 0 Å². The molecule has 0 unspecified atom stereocenters. The Bertz CT molecular complexity index is 622. The number of pyridine rings is 1. The zero-order valence-corrected chi connectivity index (χ0v) is 10.7. The number of halogens is 3. The van der Waals surface area contributed by atoms with Crippen LogP contribution in [0.3, 0.4) is 0 Å². The first-order valence-electron chi connectivity index (χ1n) is 5.92. The van der Waals surface area contributed by atoms with Crippen LogP contribution in [0.15, 0.2) is 42.6 Å². The fraction of sp³-hybridized carbons (Fsp3) is 0.143. The summed E-state index contributed by atoms with van der Waals surface area (Å²) in [6.07, 6.45) is -2.96. The highest BCUT2D eigenvalue weighted by Crippen LogP contribution is 2.29. The van der Waals surface area contributed by atoms with Gasteiger partial charge >= 0.3 is 6.18 Å². The lowest BCUT2D eigenvalue weighted by Gasteiger charge is -2.07. The van der Waals surface area contributed by atoms with Crippen LogP contribution in [-0.2, 0) is 12.6 Å². The molecule has 1 heterocycles. The number of carbonyl (C=O) groups excluding carboxylic acids is 1. The van der Waals surface area contributed by atoms with Crippen LogP contribution in [0.5, 0.6) is 5.88 Å². The molecule has 0 spiro atoms. The number of benzene rings is 1. The Morgan fingerprint density at radius 3 is 2.29 bits per heavy atom. The largest absolute Gasteiger partial charge is 0.416 e. The highest BCUT2D eigenvalue weighted by atomic mass is 19.4. The Hall–Kier alpha value is -2.41. The molecule has 0 aliphatic rings. The maximum Gasteiger partial charge on any atom is 0.416 e. The summed E-state index contributed by atoms with van der Waals surface area (Å²) in [7, 11) is 0. The van der Waals surface area contributed by atoms with Gasteiger partial charge in [0.15, 0.2) is 5.78 Å². The molecule has 0 saturated heterocycles. The van der Waals surface area contributed by atoms with E-state index < -0.39 is 11.7 Å². The highest BCUT2D eigenvalue weighted by molar-refractivity contribution is 5.97. The van der Waals surface area contributed by atoms with Crippen LogP contribution in [0.25, 0.3) is 0 Å². The first kappa shape index (κ1) is 15.0. The number of nitrogens with zero attached hydrogens (tertiary/aromatic N) is 1. The average Bonchev–Trinajstić information content (AvgIpc) is 2.47. The maximum atomic E-state index is 12.4. The third-order valence-electron chi connectivity index (χ3n) is 2.82. The average molecular weight is 296 g/mol. The number of hydrogen-bond donors (Lipinski definition) is 1. The summed E-state index contributed by atoms with van der Waals surface area (Å²) in [6.45, 7) is 0. The summed E-state index contributed by atoms with van der Waals surface area (Å²) in [5.74, 6) is 4.83. The van der Waals surface area contributed by atoms with Gasteiger partial charge in [-0.2, -0.15) is 19.1 Å². The van der Waals surface area contributed by atoms with Gasteiger partial charge in [-0.3, -0.25) is 4.79 Å². The minimum absolute atomic E-state index is 0.0310. The van der Waals surface area contributed by atoms with Crippen LogP contribution < -0.4 is 10.7 Å². The summed E-state index contributed by atoms with van der Waals surface area (Å²) in [5.41, 5.74) is 0.0352. The SMILES string of the molecule is NOc1ccc(CC(=O)c2ccc(C(F)(F)F)cc2)cn1. The van der Waals surface area contributed by atoms with Gasteiger partial charge in [0.2, 0.25) is 5.88 Å². The summed E-state index contributed by atoms with van der Waals surface area (Å²) in [6, 6.07) is 7.20. The molecular formula is C14H11F3N2O2. The van der Waals surface area contributed by atoms with Crippen molar-refractivity contribution >= 4 is 5.78 Å². The molecule has 0 radical (unpaired) electrons. The van der Waals surface area contributed by atoms with Crippen LogP contribution >= 0.6 is 0 Å². The second-order valence-corrected chi connectivity index (χ2v) is 4.30. The molecule has 21 heavy (non-hydrogen) atoms. The molecule has 2 aromatic rings. The Balaban J connectivity index is 2.09. The van der Waals surface area contributed by atoms with Crippen molar-refractivity contribution in [3.8, 4) is 5.88 Å². The molecule has 0 amide bonds. The summed E-state index contributed by atoms with van der Waals surface area (Å²) < 4.78 is 37.3. The van der Waals surface area contributed by atoms with Crippen LogP contribution in [0.2, 0.25) is 0 Å². The number of nitrogens with two attached hydrogens (primary N) is 1. The lowest BCUT2D eigenvalue weighted by molar-refractivity contribution is -0.137. The van der Waals surface area contributed by atoms with Crippen molar-refractivity contribution in [3.63, 3.8) is 0 Å². The molecule has 110 valence electrons. The molecule has 0 aliphatic carbocycles. The summed E-state index contributed by atoms with van der Waals surface area (Å²) >= 11 is 0. The Morgan fingerprint density at radius 2 is 1.81 bits per heavy atom. The maximum absolute atomic E-state index is 12.4. The minimum Gasteiger partial charge on any atom is -0.391 e. The van der Waals surface area contributed by atoms with Crippen molar-refractivity contribution in [2.75, 3.05) is 0 Å². The fourth-order valence-corrected chi connectivity index (χ4v) is 1.72. The van der Waals surface area contributed by atoms with E-state index in [4.69, 9.17) is 5.90 Å². The van der Waals surface area contributed by atoms with E-state index in [1.165, 1.54) is 12.3 Å². The number of hydrogen-bond acceptors (Lipinski definition) is 4. The van der Waals surface area contributed by atoms with Gasteiger partial charge in [-0.25, -0.2) is 4.98 Å². The minimum atomic E-state index is -4.41. The molecule has 0 aliphatic heterocycles. The van der Waals surface area contributed by atoms with Crippen molar-refractivity contribution in [1.82, 2.24) is 4.98 Å². The Morgan fingerprint density at radius 1 is 1.14 bits per heavy atom. The normalized spacial score (nSPS) is 11.2. The van der Waals surface area contributed by atoms with Gasteiger partial charge < -0.3 is 4.84 Å². The molecule has 7 heteroatoms. The van der Waals surface area contributed by atoms with Gasteiger partial charge in [-0.1, -0.05) is 18.2 Å². The first-order valence-corrected chi connectivity index (χ1v) is 5.92. The Kier molecular flexibility index (Phi) is 4.23. The zero-order chi connectivity index (χ0) is 15.5. The zero-order valence-electron chi connectivity index (χ0n) is 10.7. The van der Waals surface area contributed by atoms with Gasteiger partial charge in [-0.05, 0) is 17.7 Å². The number of aromatic nitrogens is 1. The summed E-state index contributed by atoms with van der Waals surface area (Å²) in [4.78, 5) is 20.2. The van der Waals surface area contributed by atoms with Crippen LogP contribution in [0.1, 0.15) is 21.5 Å². The number of Topliss-reactive ketones (excluding diaryl/α,β-unsaturated/α-hetero) is 1. The third kappa shape index (κ3) is 3.79. The number of rotatable bonds is 4. The monoisotopic (exact) mass is 296 g/mol. The fourth-order valence-electron chi connectivity index (χ4n) is 1.72. The summed E-state index contributed by atoms with van der Waals surface area (Å²) in [5, 5.41) is 0. The van der Waals surface area contributed by atoms with E-state index in [1.807, 2.05) is 0 Å². The van der Waals surface area contributed by atoms with Gasteiger partial charge in [0.25, 0.3) is 0 Å². The molecule has 1 aromatic heterocycles. The molecule has 0 fully saturated rings. The number of carbonyl (C=O) groups is 1. The standard InChI is InChI=1S/C14H11F3N2O2/c15-14(16,17)11-4-2-10(3-5-11)12(20)7-9-1-6-13(21-18)19-8-9/h1-6,8H,7,18H2. The quantitative estimate of drug-likeness (QED) is 0.696. The predicted molar refractivity (Wildman–Crippen MR) is 68.5 cm³/mol. The van der Waals surface area contributed by atoms with Gasteiger partial charge in [0, 0.05) is 24.2 Å². The van der Waals surface area contributed by atoms with E-state index in [1.54, 1.807) is 6.07 Å². The highest BCUT2D eigenvalue weighted by Gasteiger charge is 2.30. The van der Waals surface area contributed by atoms with Crippen LogP contribution in [-0.4, -0.2) is 10.8 Å². The number of ketones is 1. The number of alkyl halides is 3. The van der Waals surface area contributed by atoms with Crippen LogP contribution in [0.4, 0.5) is 13.2 Å². The first-order chi connectivity index (χ1) is 9.90. The van der Waals surface area contributed by atoms with Gasteiger partial charge in [0.05, 0.1) is 5.56 Å². The van der Waals surface area contributed by atoms with Crippen molar-refractivity contribution < 1.29 is 22.8 Å². The van der Waals surface area contributed by atoms with E-state index in [2.05, 4.69) is 9.82 Å². The molecule has 4 nitrogen and oxygen atoms in total. The van der Waals surface area contributed by atoms with Crippen molar-refractivity contribution in [3.05, 3.63) is 59.3 Å². The molecule has 2 N–H and O–H groups in total. The van der Waals surface area contributed by atoms with Gasteiger partial charge in [0.1, 0.15) is 0 Å². The molecule has 0 atom stereocenters. The second-order valence-electron chi connectivity index (χ2n) is 4.30. The third-order valence-corrected chi connectivity index (χ3v) is 2.82. The lowest BCUT2D eigenvalue weighted by atomic mass is 10.0. The second kappa shape index (κ2) is 5.92. The van der Waals surface area contributed by atoms with Crippen molar-refractivity contribution in [2.45, 2.75) is 12.6 Å². The molecule has 1 aromatic carbocycles.